The van der Waals surface area contributed by atoms with E-state index in [0.717, 1.165) is 0 Å². The Labute approximate surface area is 111 Å². The maximum atomic E-state index is 12.0. The Morgan fingerprint density at radius 1 is 1.32 bits per heavy atom. The number of rotatable bonds is 1. The summed E-state index contributed by atoms with van der Waals surface area (Å²) >= 11 is 0. The molecule has 0 aliphatic carbocycles. The van der Waals surface area contributed by atoms with Gasteiger partial charge >= 0.3 is 0 Å². The van der Waals surface area contributed by atoms with Gasteiger partial charge in [0.1, 0.15) is 0 Å². The minimum Gasteiger partial charge on any atom is -0.345 e. The molecule has 0 bridgehead atoms. The molecule has 1 aliphatic heterocycles. The van der Waals surface area contributed by atoms with Crippen LogP contribution in [0.4, 0.5) is 5.69 Å². The van der Waals surface area contributed by atoms with Crippen LogP contribution < -0.4 is 5.32 Å². The third-order valence-electron chi connectivity index (χ3n) is 2.90. The van der Waals surface area contributed by atoms with Gasteiger partial charge in [-0.2, -0.15) is 0 Å². The quantitative estimate of drug-likeness (QED) is 0.796. The Hall–Kier alpha value is -2.37. The summed E-state index contributed by atoms with van der Waals surface area (Å²) in [6.07, 6.45) is 0. The van der Waals surface area contributed by atoms with Crippen molar-refractivity contribution < 1.29 is 14.4 Å². The first-order valence-corrected chi connectivity index (χ1v) is 5.81. The number of nitrogens with zero attached hydrogens (tertiary/aromatic N) is 2. The SMILES string of the molecule is CN(C)C(=O)c1ccc2c(c1)NC(=O)CN(C)C2=O. The molecule has 19 heavy (non-hydrogen) atoms. The summed E-state index contributed by atoms with van der Waals surface area (Å²) < 4.78 is 0. The molecular formula is C13H15N3O3. The summed E-state index contributed by atoms with van der Waals surface area (Å²) in [5, 5.41) is 2.65. The summed E-state index contributed by atoms with van der Waals surface area (Å²) in [6, 6.07) is 4.69. The lowest BCUT2D eigenvalue weighted by Crippen LogP contribution is -2.31. The van der Waals surface area contributed by atoms with Gasteiger partial charge in [-0.05, 0) is 18.2 Å². The average molecular weight is 261 g/mol. The number of anilines is 1. The Morgan fingerprint density at radius 3 is 2.63 bits per heavy atom. The zero-order chi connectivity index (χ0) is 14.2. The molecule has 6 heteroatoms. The average Bonchev–Trinajstić information content (AvgIpc) is 2.45. The number of hydrogen-bond acceptors (Lipinski definition) is 3. The zero-order valence-electron chi connectivity index (χ0n) is 11.1. The van der Waals surface area contributed by atoms with Crippen molar-refractivity contribution in [2.45, 2.75) is 0 Å². The van der Waals surface area contributed by atoms with Gasteiger partial charge in [-0.15, -0.1) is 0 Å². The highest BCUT2D eigenvalue weighted by Gasteiger charge is 2.24. The molecular weight excluding hydrogens is 246 g/mol. The van der Waals surface area contributed by atoms with Crippen LogP contribution in [0.3, 0.4) is 0 Å². The fraction of sp³-hybridized carbons (Fsp3) is 0.308. The lowest BCUT2D eigenvalue weighted by molar-refractivity contribution is -0.116. The third kappa shape index (κ3) is 2.42. The number of carbonyl (C=O) groups excluding carboxylic acids is 3. The van der Waals surface area contributed by atoms with Gasteiger partial charge in [-0.25, -0.2) is 0 Å². The van der Waals surface area contributed by atoms with Crippen molar-refractivity contribution in [2.75, 3.05) is 33.0 Å². The van der Waals surface area contributed by atoms with Gasteiger partial charge in [0.15, 0.2) is 0 Å². The second-order valence-electron chi connectivity index (χ2n) is 4.67. The first-order chi connectivity index (χ1) is 8.90. The molecule has 0 saturated carbocycles. The molecule has 1 N–H and O–H groups in total. The number of carbonyl (C=O) groups is 3. The molecule has 0 saturated heterocycles. The van der Waals surface area contributed by atoms with Crippen LogP contribution in [0.25, 0.3) is 0 Å². The molecule has 0 radical (unpaired) electrons. The maximum Gasteiger partial charge on any atom is 0.256 e. The van der Waals surface area contributed by atoms with E-state index >= 15 is 0 Å². The van der Waals surface area contributed by atoms with Crippen molar-refractivity contribution >= 4 is 23.4 Å². The molecule has 3 amide bonds. The Balaban J connectivity index is 2.47. The summed E-state index contributed by atoms with van der Waals surface area (Å²) in [6.45, 7) is 0.00444. The molecule has 6 nitrogen and oxygen atoms in total. The van der Waals surface area contributed by atoms with Crippen LogP contribution in [0.1, 0.15) is 20.7 Å². The number of likely N-dealkylation sites (N-methyl/N-ethyl adjacent to an activating group) is 1. The van der Waals surface area contributed by atoms with Gasteiger partial charge in [-0.1, -0.05) is 0 Å². The first-order valence-electron chi connectivity index (χ1n) is 5.81. The van der Waals surface area contributed by atoms with Crippen LogP contribution in [0, 0.1) is 0 Å². The fourth-order valence-corrected chi connectivity index (χ4v) is 1.91. The molecule has 1 aromatic carbocycles. The molecule has 1 aromatic rings. The van der Waals surface area contributed by atoms with Gasteiger partial charge in [0.2, 0.25) is 5.91 Å². The molecule has 0 atom stereocenters. The third-order valence-corrected chi connectivity index (χ3v) is 2.90. The van der Waals surface area contributed by atoms with Crippen molar-refractivity contribution in [1.82, 2.24) is 9.80 Å². The van der Waals surface area contributed by atoms with E-state index in [0.29, 0.717) is 16.8 Å². The van der Waals surface area contributed by atoms with E-state index in [1.54, 1.807) is 33.3 Å². The summed E-state index contributed by atoms with van der Waals surface area (Å²) in [5.74, 6) is -0.691. The topological polar surface area (TPSA) is 69.7 Å². The molecule has 100 valence electrons. The Morgan fingerprint density at radius 2 is 2.00 bits per heavy atom. The number of hydrogen-bond donors (Lipinski definition) is 1. The van der Waals surface area contributed by atoms with Crippen LogP contribution in [-0.2, 0) is 4.79 Å². The van der Waals surface area contributed by atoms with Gasteiger partial charge in [0.25, 0.3) is 11.8 Å². The van der Waals surface area contributed by atoms with E-state index in [4.69, 9.17) is 0 Å². The predicted molar refractivity (Wildman–Crippen MR) is 70.0 cm³/mol. The minimum absolute atomic E-state index is 0.00444. The fourth-order valence-electron chi connectivity index (χ4n) is 1.91. The largest absolute Gasteiger partial charge is 0.345 e. The lowest BCUT2D eigenvalue weighted by atomic mass is 10.1. The van der Waals surface area contributed by atoms with Crippen LogP contribution in [-0.4, -0.2) is 55.2 Å². The van der Waals surface area contributed by atoms with E-state index in [2.05, 4.69) is 5.32 Å². The van der Waals surface area contributed by atoms with E-state index in [1.165, 1.54) is 15.9 Å². The highest BCUT2D eigenvalue weighted by atomic mass is 16.2. The molecule has 0 fully saturated rings. The normalized spacial score (nSPS) is 14.6. The summed E-state index contributed by atoms with van der Waals surface area (Å²) in [5.41, 5.74) is 1.21. The highest BCUT2D eigenvalue weighted by Crippen LogP contribution is 2.22. The standard InChI is InChI=1S/C13H15N3O3/c1-15(2)12(18)8-4-5-9-10(6-8)14-11(17)7-16(3)13(9)19/h4-6H,7H2,1-3H3,(H,14,17). The molecule has 1 heterocycles. The van der Waals surface area contributed by atoms with Gasteiger partial charge in [0.05, 0.1) is 17.8 Å². The first kappa shape index (κ1) is 13.1. The zero-order valence-corrected chi connectivity index (χ0v) is 11.1. The van der Waals surface area contributed by atoms with Gasteiger partial charge in [-0.3, -0.25) is 14.4 Å². The van der Waals surface area contributed by atoms with E-state index in [-0.39, 0.29) is 24.3 Å². The van der Waals surface area contributed by atoms with E-state index in [9.17, 15) is 14.4 Å². The van der Waals surface area contributed by atoms with Crippen molar-refractivity contribution in [3.05, 3.63) is 29.3 Å². The number of amides is 3. The van der Waals surface area contributed by atoms with Crippen LogP contribution in [0.5, 0.6) is 0 Å². The summed E-state index contributed by atoms with van der Waals surface area (Å²) in [4.78, 5) is 38.3. The molecule has 2 rings (SSSR count). The number of benzene rings is 1. The van der Waals surface area contributed by atoms with Crippen molar-refractivity contribution in [1.29, 1.82) is 0 Å². The van der Waals surface area contributed by atoms with Gasteiger partial charge in [0, 0.05) is 26.7 Å². The molecule has 0 unspecified atom stereocenters. The summed E-state index contributed by atoms with van der Waals surface area (Å²) in [7, 11) is 4.85. The molecule has 0 aromatic heterocycles. The van der Waals surface area contributed by atoms with Crippen molar-refractivity contribution in [3.8, 4) is 0 Å². The van der Waals surface area contributed by atoms with E-state index in [1.807, 2.05) is 0 Å². The Kier molecular flexibility index (Phi) is 3.25. The molecule has 0 spiro atoms. The lowest BCUT2D eigenvalue weighted by Gasteiger charge is -2.14. The van der Waals surface area contributed by atoms with Crippen LogP contribution >= 0.6 is 0 Å². The highest BCUT2D eigenvalue weighted by molar-refractivity contribution is 6.09. The smallest absolute Gasteiger partial charge is 0.256 e. The van der Waals surface area contributed by atoms with Crippen molar-refractivity contribution in [3.63, 3.8) is 0 Å². The van der Waals surface area contributed by atoms with Gasteiger partial charge < -0.3 is 15.1 Å². The van der Waals surface area contributed by atoms with E-state index < -0.39 is 0 Å². The monoisotopic (exact) mass is 261 g/mol. The number of nitrogens with one attached hydrogen (secondary N) is 1. The predicted octanol–water partition coefficient (Wildman–Crippen LogP) is 0.412. The maximum absolute atomic E-state index is 12.0. The van der Waals surface area contributed by atoms with Crippen molar-refractivity contribution in [2.24, 2.45) is 0 Å². The number of fused-ring (bicyclic) bond motifs is 1. The van der Waals surface area contributed by atoms with Crippen LogP contribution in [0.2, 0.25) is 0 Å². The second kappa shape index (κ2) is 4.72. The molecule has 1 aliphatic rings. The minimum atomic E-state index is -0.274. The second-order valence-corrected chi connectivity index (χ2v) is 4.67. The Bertz CT molecular complexity index is 566. The van der Waals surface area contributed by atoms with Crippen LogP contribution in [0.15, 0.2) is 18.2 Å².